The first kappa shape index (κ1) is 22.3. The maximum absolute atomic E-state index is 13.4. The van der Waals surface area contributed by atoms with Gasteiger partial charge in [-0.2, -0.15) is 0 Å². The molecule has 33 heavy (non-hydrogen) atoms. The molecule has 3 aromatic rings. The minimum absolute atomic E-state index is 0.0425. The molecule has 5 rings (SSSR count). The number of amides is 1. The molecule has 1 atom stereocenters. The Morgan fingerprint density at radius 2 is 1.88 bits per heavy atom. The number of carbonyl (C=O) groups is 2. The summed E-state index contributed by atoms with van der Waals surface area (Å²) in [6.45, 7) is 0. The lowest BCUT2D eigenvalue weighted by Crippen LogP contribution is -2.40. The molecule has 0 unspecified atom stereocenters. The first-order chi connectivity index (χ1) is 16.0. The minimum atomic E-state index is -0.362. The summed E-state index contributed by atoms with van der Waals surface area (Å²) in [4.78, 5) is 27.8. The fourth-order valence-electron chi connectivity index (χ4n) is 4.30. The average Bonchev–Trinajstić information content (AvgIpc) is 3.27. The van der Waals surface area contributed by atoms with Crippen molar-refractivity contribution in [1.29, 1.82) is 0 Å². The number of nitrogens with zero attached hydrogens (tertiary/aromatic N) is 3. The highest BCUT2D eigenvalue weighted by atomic mass is 35.5. The van der Waals surface area contributed by atoms with Crippen LogP contribution in [-0.2, 0) is 15.3 Å². The third kappa shape index (κ3) is 4.47. The summed E-state index contributed by atoms with van der Waals surface area (Å²) in [5.74, 6) is -0.152. The Balaban J connectivity index is 1.45. The Morgan fingerprint density at radius 3 is 2.67 bits per heavy atom. The second-order valence-corrected chi connectivity index (χ2v) is 10.5. The quantitative estimate of drug-likeness (QED) is 0.311. The molecule has 2 aromatic carbocycles. The number of rotatable bonds is 5. The van der Waals surface area contributed by atoms with Crippen molar-refractivity contribution in [2.45, 2.75) is 41.7 Å². The number of hydrogen-bond donors (Lipinski definition) is 0. The number of carbonyl (C=O) groups excluding carboxylic acids is 2. The molecule has 1 amide bonds. The summed E-state index contributed by atoms with van der Waals surface area (Å²) < 4.78 is 14.2. The fraction of sp³-hybridized carbons (Fsp3) is 0.250. The molecule has 9 heteroatoms. The van der Waals surface area contributed by atoms with Crippen molar-refractivity contribution in [3.8, 4) is 0 Å². The highest BCUT2D eigenvalue weighted by molar-refractivity contribution is 8.00. The Labute approximate surface area is 203 Å². The zero-order chi connectivity index (χ0) is 22.9. The van der Waals surface area contributed by atoms with Crippen LogP contribution in [-0.4, -0.2) is 21.9 Å². The molecule has 0 fully saturated rings. The van der Waals surface area contributed by atoms with E-state index in [0.29, 0.717) is 46.4 Å². The van der Waals surface area contributed by atoms with Gasteiger partial charge in [0.15, 0.2) is 10.1 Å². The van der Waals surface area contributed by atoms with Crippen LogP contribution in [0, 0.1) is 5.82 Å². The monoisotopic (exact) mass is 499 g/mol. The van der Waals surface area contributed by atoms with Gasteiger partial charge in [0, 0.05) is 40.8 Å². The van der Waals surface area contributed by atoms with Gasteiger partial charge >= 0.3 is 0 Å². The molecule has 2 heterocycles. The maximum atomic E-state index is 13.4. The number of hydrogen-bond acceptors (Lipinski definition) is 6. The van der Waals surface area contributed by atoms with Crippen molar-refractivity contribution in [2.75, 3.05) is 4.90 Å². The van der Waals surface area contributed by atoms with Crippen molar-refractivity contribution < 1.29 is 14.0 Å². The fourth-order valence-corrected chi connectivity index (χ4v) is 6.47. The summed E-state index contributed by atoms with van der Waals surface area (Å²) in [6, 6.07) is 13.7. The highest BCUT2D eigenvalue weighted by Gasteiger charge is 2.40. The average molecular weight is 500 g/mol. The van der Waals surface area contributed by atoms with Gasteiger partial charge in [0.25, 0.3) is 0 Å². The largest absolute Gasteiger partial charge is 0.294 e. The van der Waals surface area contributed by atoms with Gasteiger partial charge in [-0.05, 0) is 42.2 Å². The van der Waals surface area contributed by atoms with E-state index in [-0.39, 0.29) is 29.8 Å². The molecule has 1 aliphatic heterocycles. The first-order valence-electron chi connectivity index (χ1n) is 10.6. The Bertz CT molecular complexity index is 1260. The standard InChI is InChI=1S/C24H19ClFN3O2S2/c25-18-5-2-1-4-15(18)13-32-24-28-27-23(33-24)29-19-6-3-7-20(30)22(19)17(12-21(29)31)14-8-10-16(26)11-9-14/h1-2,4-5,8-11,17H,3,6-7,12-13H2/t17-/m1/s1. The summed E-state index contributed by atoms with van der Waals surface area (Å²) in [5.41, 5.74) is 3.13. The number of anilines is 1. The highest BCUT2D eigenvalue weighted by Crippen LogP contribution is 2.44. The van der Waals surface area contributed by atoms with E-state index >= 15 is 0 Å². The van der Waals surface area contributed by atoms with E-state index < -0.39 is 0 Å². The molecule has 2 aliphatic rings. The van der Waals surface area contributed by atoms with Gasteiger partial charge in [-0.15, -0.1) is 10.2 Å². The van der Waals surface area contributed by atoms with Crippen LogP contribution in [0.5, 0.6) is 0 Å². The van der Waals surface area contributed by atoms with Crippen LogP contribution in [0.3, 0.4) is 0 Å². The van der Waals surface area contributed by atoms with E-state index in [1.807, 2.05) is 24.3 Å². The third-order valence-electron chi connectivity index (χ3n) is 5.84. The van der Waals surface area contributed by atoms with Crippen molar-refractivity contribution in [3.63, 3.8) is 0 Å². The number of aromatic nitrogens is 2. The number of ketones is 1. The SMILES string of the molecule is O=C1CCCC2=C1[C@@H](c1ccc(F)cc1)CC(=O)N2c1nnc(SCc2ccccc2Cl)s1. The van der Waals surface area contributed by atoms with Gasteiger partial charge < -0.3 is 0 Å². The molecular weight excluding hydrogens is 481 g/mol. The summed E-state index contributed by atoms with van der Waals surface area (Å²) in [6.07, 6.45) is 1.89. The molecule has 0 N–H and O–H groups in total. The molecule has 0 spiro atoms. The van der Waals surface area contributed by atoms with Crippen LogP contribution in [0.25, 0.3) is 0 Å². The van der Waals surface area contributed by atoms with Crippen LogP contribution < -0.4 is 4.90 Å². The predicted molar refractivity (Wildman–Crippen MR) is 128 cm³/mol. The van der Waals surface area contributed by atoms with Crippen LogP contribution in [0.2, 0.25) is 5.02 Å². The number of allylic oxidation sites excluding steroid dienone is 2. The van der Waals surface area contributed by atoms with E-state index in [2.05, 4.69) is 10.2 Å². The van der Waals surface area contributed by atoms with Gasteiger partial charge in [0.1, 0.15) is 5.82 Å². The molecule has 0 radical (unpaired) electrons. The zero-order valence-corrected chi connectivity index (χ0v) is 19.9. The molecule has 168 valence electrons. The smallest absolute Gasteiger partial charge is 0.234 e. The van der Waals surface area contributed by atoms with Gasteiger partial charge in [-0.25, -0.2) is 4.39 Å². The van der Waals surface area contributed by atoms with Crippen molar-refractivity contribution in [2.24, 2.45) is 0 Å². The Morgan fingerprint density at radius 1 is 1.09 bits per heavy atom. The number of benzene rings is 2. The molecule has 0 saturated carbocycles. The van der Waals surface area contributed by atoms with E-state index in [1.165, 1.54) is 35.2 Å². The molecule has 1 aliphatic carbocycles. The summed E-state index contributed by atoms with van der Waals surface area (Å²) in [7, 11) is 0. The van der Waals surface area contributed by atoms with E-state index in [0.717, 1.165) is 15.5 Å². The number of halogens is 2. The normalized spacial score (nSPS) is 18.6. The number of thioether (sulfide) groups is 1. The lowest BCUT2D eigenvalue weighted by molar-refractivity contribution is -0.119. The summed E-state index contributed by atoms with van der Waals surface area (Å²) in [5, 5.41) is 9.71. The van der Waals surface area contributed by atoms with Gasteiger partial charge in [-0.3, -0.25) is 14.5 Å². The number of Topliss-reactive ketones (excluding diaryl/α,β-unsaturated/α-hetero) is 1. The predicted octanol–water partition coefficient (Wildman–Crippen LogP) is 6.15. The van der Waals surface area contributed by atoms with E-state index in [4.69, 9.17) is 11.6 Å². The van der Waals surface area contributed by atoms with Crippen LogP contribution >= 0.6 is 34.7 Å². The molecule has 1 aromatic heterocycles. The van der Waals surface area contributed by atoms with E-state index in [9.17, 15) is 14.0 Å². The first-order valence-corrected chi connectivity index (χ1v) is 12.7. The second-order valence-electron chi connectivity index (χ2n) is 7.91. The zero-order valence-electron chi connectivity index (χ0n) is 17.5. The molecule has 0 saturated heterocycles. The van der Waals surface area contributed by atoms with Crippen LogP contribution in [0.15, 0.2) is 64.1 Å². The van der Waals surface area contributed by atoms with Gasteiger partial charge in [0.2, 0.25) is 11.0 Å². The molecular formula is C24H19ClFN3O2S2. The van der Waals surface area contributed by atoms with Crippen molar-refractivity contribution >= 4 is 51.5 Å². The Hall–Kier alpha value is -2.55. The lowest BCUT2D eigenvalue weighted by atomic mass is 9.77. The van der Waals surface area contributed by atoms with E-state index in [1.54, 1.807) is 17.0 Å². The molecule has 0 bridgehead atoms. The second kappa shape index (κ2) is 9.37. The summed E-state index contributed by atoms with van der Waals surface area (Å²) >= 11 is 9.08. The van der Waals surface area contributed by atoms with Crippen LogP contribution in [0.4, 0.5) is 9.52 Å². The third-order valence-corrected chi connectivity index (χ3v) is 8.30. The maximum Gasteiger partial charge on any atom is 0.234 e. The van der Waals surface area contributed by atoms with Crippen molar-refractivity contribution in [1.82, 2.24) is 10.2 Å². The minimum Gasteiger partial charge on any atom is -0.294 e. The topological polar surface area (TPSA) is 63.2 Å². The van der Waals surface area contributed by atoms with Crippen LogP contribution in [0.1, 0.15) is 42.7 Å². The molecule has 5 nitrogen and oxygen atoms in total. The van der Waals surface area contributed by atoms with Gasteiger partial charge in [-0.1, -0.05) is 65.0 Å². The van der Waals surface area contributed by atoms with Crippen molar-refractivity contribution in [3.05, 3.63) is 81.8 Å². The van der Waals surface area contributed by atoms with Gasteiger partial charge in [0.05, 0.1) is 0 Å². The lowest BCUT2D eigenvalue weighted by Gasteiger charge is -2.36. The Kier molecular flexibility index (Phi) is 6.32.